The third-order valence-corrected chi connectivity index (χ3v) is 8.31. The van der Waals surface area contributed by atoms with Gasteiger partial charge >= 0.3 is 0 Å². The zero-order valence-electron chi connectivity index (χ0n) is 25.9. The van der Waals surface area contributed by atoms with Crippen molar-refractivity contribution < 1.29 is 18.6 Å². The van der Waals surface area contributed by atoms with Gasteiger partial charge < -0.3 is 35.5 Å². The number of ether oxygens (including phenoxy) is 3. The third-order valence-electron chi connectivity index (χ3n) is 8.01. The number of nitrogen functional groups attached to an aromatic ring is 1. The van der Waals surface area contributed by atoms with Crippen LogP contribution >= 0.6 is 11.6 Å². The largest absolute Gasteiger partial charge is 0.494 e. The Bertz CT molecular complexity index is 1650. The van der Waals surface area contributed by atoms with E-state index in [0.717, 1.165) is 50.3 Å². The molecule has 5 rings (SSSR count). The Kier molecular flexibility index (Phi) is 11.4. The van der Waals surface area contributed by atoms with E-state index in [0.29, 0.717) is 45.6 Å². The van der Waals surface area contributed by atoms with E-state index >= 15 is 4.39 Å². The van der Waals surface area contributed by atoms with Crippen LogP contribution in [-0.2, 0) is 19.8 Å². The molecule has 1 fully saturated rings. The minimum absolute atomic E-state index is 0.0556. The average Bonchev–Trinajstić information content (AvgIpc) is 3.07. The van der Waals surface area contributed by atoms with Crippen LogP contribution < -0.4 is 25.7 Å². The first-order valence-electron chi connectivity index (χ1n) is 15.3. The van der Waals surface area contributed by atoms with Gasteiger partial charge in [0.25, 0.3) is 0 Å². The monoisotopic (exact) mass is 647 g/mol. The van der Waals surface area contributed by atoms with Gasteiger partial charge in [-0.1, -0.05) is 48.0 Å². The molecule has 0 spiro atoms. The molecular weight excluding hydrogens is 609 g/mol. The normalized spacial score (nSPS) is 13.8. The molecule has 1 heterocycles. The molecular formula is C35H39ClFN5O4. The van der Waals surface area contributed by atoms with Crippen LogP contribution in [0.5, 0.6) is 17.2 Å². The number of benzene rings is 4. The van der Waals surface area contributed by atoms with Gasteiger partial charge in [0.15, 0.2) is 0 Å². The highest BCUT2D eigenvalue weighted by atomic mass is 35.5. The van der Waals surface area contributed by atoms with Crippen molar-refractivity contribution >= 4 is 23.0 Å². The zero-order chi connectivity index (χ0) is 32.5. The molecule has 4 N–H and O–H groups in total. The SMILES string of the molecule is CN1CCN(CCCOc2cccc(-c3cccc(COc4cc(OCc5ccc(N=O)c(N)c5)c(CN)cc4Cl)c3F)c2)CC1. The van der Waals surface area contributed by atoms with Gasteiger partial charge in [0.05, 0.1) is 17.3 Å². The summed E-state index contributed by atoms with van der Waals surface area (Å²) in [6, 6.07) is 20.9. The summed E-state index contributed by atoms with van der Waals surface area (Å²) in [4.78, 5) is 15.6. The Morgan fingerprint density at radius 3 is 2.43 bits per heavy atom. The van der Waals surface area contributed by atoms with Crippen LogP contribution in [-0.4, -0.2) is 56.2 Å². The molecule has 46 heavy (non-hydrogen) atoms. The summed E-state index contributed by atoms with van der Waals surface area (Å²) in [7, 11) is 2.15. The molecule has 0 atom stereocenters. The molecule has 242 valence electrons. The first-order chi connectivity index (χ1) is 22.3. The highest BCUT2D eigenvalue weighted by Crippen LogP contribution is 2.35. The molecule has 0 radical (unpaired) electrons. The minimum Gasteiger partial charge on any atom is -0.494 e. The number of nitrogens with two attached hydrogens (primary N) is 2. The van der Waals surface area contributed by atoms with Gasteiger partial charge in [0, 0.05) is 62.0 Å². The fourth-order valence-corrected chi connectivity index (χ4v) is 5.53. The Morgan fingerprint density at radius 2 is 1.67 bits per heavy atom. The summed E-state index contributed by atoms with van der Waals surface area (Å²) in [5.41, 5.74) is 15.2. The van der Waals surface area contributed by atoms with Crippen molar-refractivity contribution in [1.29, 1.82) is 0 Å². The van der Waals surface area contributed by atoms with Crippen molar-refractivity contribution in [3.63, 3.8) is 0 Å². The maximum Gasteiger partial charge on any atom is 0.142 e. The number of piperazine rings is 1. The number of halogens is 2. The molecule has 0 aromatic heterocycles. The zero-order valence-corrected chi connectivity index (χ0v) is 26.6. The summed E-state index contributed by atoms with van der Waals surface area (Å²) < 4.78 is 33.8. The summed E-state index contributed by atoms with van der Waals surface area (Å²) in [6.07, 6.45) is 0.928. The van der Waals surface area contributed by atoms with Crippen molar-refractivity contribution in [3.8, 4) is 28.4 Å². The van der Waals surface area contributed by atoms with E-state index in [-0.39, 0.29) is 37.0 Å². The van der Waals surface area contributed by atoms with E-state index in [1.54, 1.807) is 42.5 Å². The van der Waals surface area contributed by atoms with Crippen LogP contribution in [0.1, 0.15) is 23.1 Å². The molecule has 1 aliphatic heterocycles. The van der Waals surface area contributed by atoms with E-state index in [1.807, 2.05) is 24.3 Å². The lowest BCUT2D eigenvalue weighted by Crippen LogP contribution is -2.44. The molecule has 0 saturated carbocycles. The molecule has 0 amide bonds. The van der Waals surface area contributed by atoms with Crippen LogP contribution in [0.15, 0.2) is 78.0 Å². The van der Waals surface area contributed by atoms with E-state index in [2.05, 4.69) is 22.0 Å². The number of hydrogen-bond acceptors (Lipinski definition) is 9. The summed E-state index contributed by atoms with van der Waals surface area (Å²) in [6.45, 7) is 6.23. The Hall–Kier alpha value is -4.22. The quantitative estimate of drug-likeness (QED) is 0.0876. The van der Waals surface area contributed by atoms with Gasteiger partial charge in [-0.05, 0) is 60.1 Å². The fraction of sp³-hybridized carbons (Fsp3) is 0.314. The molecule has 1 aliphatic rings. The fourth-order valence-electron chi connectivity index (χ4n) is 5.29. The molecule has 0 unspecified atom stereocenters. The van der Waals surface area contributed by atoms with Crippen LogP contribution in [0, 0.1) is 10.7 Å². The molecule has 1 saturated heterocycles. The second-order valence-electron chi connectivity index (χ2n) is 11.3. The lowest BCUT2D eigenvalue weighted by Gasteiger charge is -2.32. The topological polar surface area (TPSA) is 116 Å². The number of anilines is 1. The number of rotatable bonds is 14. The van der Waals surface area contributed by atoms with E-state index < -0.39 is 0 Å². The lowest BCUT2D eigenvalue weighted by molar-refractivity contribution is 0.145. The van der Waals surface area contributed by atoms with Gasteiger partial charge in [-0.15, -0.1) is 4.91 Å². The lowest BCUT2D eigenvalue weighted by atomic mass is 10.0. The van der Waals surface area contributed by atoms with Crippen molar-refractivity contribution in [1.82, 2.24) is 9.80 Å². The van der Waals surface area contributed by atoms with Gasteiger partial charge in [-0.2, -0.15) is 0 Å². The van der Waals surface area contributed by atoms with Crippen molar-refractivity contribution in [2.75, 3.05) is 52.1 Å². The van der Waals surface area contributed by atoms with Crippen molar-refractivity contribution in [2.24, 2.45) is 10.9 Å². The summed E-state index contributed by atoms with van der Waals surface area (Å²) in [5.74, 6) is 1.11. The van der Waals surface area contributed by atoms with Crippen LogP contribution in [0.3, 0.4) is 0 Å². The number of hydrogen-bond donors (Lipinski definition) is 2. The molecule has 4 aromatic carbocycles. The van der Waals surface area contributed by atoms with Crippen LogP contribution in [0.4, 0.5) is 15.8 Å². The van der Waals surface area contributed by atoms with E-state index in [4.69, 9.17) is 37.3 Å². The highest BCUT2D eigenvalue weighted by molar-refractivity contribution is 6.32. The number of nitroso groups, excluding NO2 is 1. The summed E-state index contributed by atoms with van der Waals surface area (Å²) >= 11 is 6.50. The third kappa shape index (κ3) is 8.52. The van der Waals surface area contributed by atoms with Crippen molar-refractivity contribution in [2.45, 2.75) is 26.2 Å². The Balaban J connectivity index is 1.22. The standard InChI is InChI=1S/C35H39ClFN5O4/c1-41-12-14-42(15-13-41)11-4-16-44-28-7-2-5-25(18-28)29-8-3-6-26(35(29)37)23-46-34-20-33(27(21-38)19-30(34)36)45-22-24-9-10-32(40-43)31(39)17-24/h2-3,5-10,17-20H,4,11-16,21-23,38-39H2,1H3. The van der Waals surface area contributed by atoms with Gasteiger partial charge in [-0.25, -0.2) is 4.39 Å². The molecule has 11 heteroatoms. The predicted molar refractivity (Wildman–Crippen MR) is 180 cm³/mol. The maximum absolute atomic E-state index is 15.8. The molecule has 9 nitrogen and oxygen atoms in total. The Morgan fingerprint density at radius 1 is 0.891 bits per heavy atom. The predicted octanol–water partition coefficient (Wildman–Crippen LogP) is 6.76. The smallest absolute Gasteiger partial charge is 0.142 e. The number of nitrogens with zero attached hydrogens (tertiary/aromatic N) is 3. The number of likely N-dealkylation sites (N-methyl/N-ethyl adjacent to an activating group) is 1. The van der Waals surface area contributed by atoms with Gasteiger partial charge in [-0.3, -0.25) is 0 Å². The second-order valence-corrected chi connectivity index (χ2v) is 11.7. The van der Waals surface area contributed by atoms with E-state index in [9.17, 15) is 4.91 Å². The van der Waals surface area contributed by atoms with Gasteiger partial charge in [0.2, 0.25) is 0 Å². The second kappa shape index (κ2) is 15.9. The average molecular weight is 648 g/mol. The summed E-state index contributed by atoms with van der Waals surface area (Å²) in [5, 5.41) is 3.21. The van der Waals surface area contributed by atoms with Gasteiger partial charge in [0.1, 0.15) is 42.0 Å². The molecule has 0 aliphatic carbocycles. The highest BCUT2D eigenvalue weighted by Gasteiger charge is 2.16. The minimum atomic E-state index is -0.383. The van der Waals surface area contributed by atoms with E-state index in [1.165, 1.54) is 6.07 Å². The molecule has 0 bridgehead atoms. The molecule has 4 aromatic rings. The first-order valence-corrected chi connectivity index (χ1v) is 15.6. The van der Waals surface area contributed by atoms with Crippen LogP contribution in [0.2, 0.25) is 5.02 Å². The van der Waals surface area contributed by atoms with Crippen molar-refractivity contribution in [3.05, 3.63) is 105 Å². The first kappa shape index (κ1) is 33.2. The van der Waals surface area contributed by atoms with Crippen LogP contribution in [0.25, 0.3) is 11.1 Å². The Labute approximate surface area is 273 Å². The maximum atomic E-state index is 15.8.